The lowest BCUT2D eigenvalue weighted by atomic mass is 10.1. The fraction of sp³-hybridized carbons (Fsp3) is 0.125. The van der Waals surface area contributed by atoms with Crippen molar-refractivity contribution in [2.45, 2.75) is 6.42 Å². The largest absolute Gasteiger partial charge is 0.508 e. The van der Waals surface area contributed by atoms with Gasteiger partial charge in [0.1, 0.15) is 17.3 Å². The van der Waals surface area contributed by atoms with Crippen LogP contribution in [0.3, 0.4) is 0 Å². The van der Waals surface area contributed by atoms with E-state index in [1.165, 1.54) is 12.1 Å². The summed E-state index contributed by atoms with van der Waals surface area (Å²) in [5.41, 5.74) is 2.11. The predicted octanol–water partition coefficient (Wildman–Crippen LogP) is 2.38. The van der Waals surface area contributed by atoms with Crippen molar-refractivity contribution in [3.63, 3.8) is 0 Å². The van der Waals surface area contributed by atoms with E-state index >= 15 is 0 Å². The van der Waals surface area contributed by atoms with E-state index in [0.29, 0.717) is 13.0 Å². The zero-order valence-corrected chi connectivity index (χ0v) is 11.6. The van der Waals surface area contributed by atoms with E-state index in [1.807, 2.05) is 6.20 Å². The molecule has 0 atom stereocenters. The summed E-state index contributed by atoms with van der Waals surface area (Å²) in [6.07, 6.45) is 3.47. The second-order valence-electron chi connectivity index (χ2n) is 4.91. The fourth-order valence-electron chi connectivity index (χ4n) is 2.28. The molecule has 1 aromatic carbocycles. The number of benzene rings is 1. The Balaban J connectivity index is 1.63. The molecular weight excluding hydrogens is 285 g/mol. The molecule has 22 heavy (non-hydrogen) atoms. The Bertz CT molecular complexity index is 812. The number of fused-ring (bicyclic) bond motifs is 1. The van der Waals surface area contributed by atoms with Crippen LogP contribution < -0.4 is 5.32 Å². The van der Waals surface area contributed by atoms with Gasteiger partial charge in [-0.3, -0.25) is 4.79 Å². The van der Waals surface area contributed by atoms with Crippen LogP contribution in [0, 0.1) is 5.82 Å². The van der Waals surface area contributed by atoms with Gasteiger partial charge in [0.25, 0.3) is 5.91 Å². The maximum Gasteiger partial charge on any atom is 0.269 e. The average Bonchev–Trinajstić information content (AvgIpc) is 2.90. The number of hydrogen-bond donors (Lipinski definition) is 3. The van der Waals surface area contributed by atoms with Crippen LogP contribution in [0.25, 0.3) is 10.9 Å². The molecule has 0 aliphatic rings. The van der Waals surface area contributed by atoms with Crippen molar-refractivity contribution in [1.82, 2.24) is 15.3 Å². The van der Waals surface area contributed by atoms with Gasteiger partial charge < -0.3 is 15.4 Å². The Morgan fingerprint density at radius 1 is 1.32 bits per heavy atom. The summed E-state index contributed by atoms with van der Waals surface area (Å²) >= 11 is 0. The van der Waals surface area contributed by atoms with Gasteiger partial charge in [-0.15, -0.1) is 0 Å². The molecule has 2 heterocycles. The lowest BCUT2D eigenvalue weighted by molar-refractivity contribution is 0.0949. The maximum absolute atomic E-state index is 12.8. The molecule has 112 valence electrons. The zero-order valence-electron chi connectivity index (χ0n) is 11.6. The SMILES string of the molecule is O=C(NCCc1c[nH]c2ccc(O)cc12)c1ccc(F)cn1. The van der Waals surface area contributed by atoms with E-state index in [9.17, 15) is 14.3 Å². The van der Waals surface area contributed by atoms with Crippen molar-refractivity contribution >= 4 is 16.8 Å². The van der Waals surface area contributed by atoms with Gasteiger partial charge in [-0.2, -0.15) is 0 Å². The molecule has 6 heteroatoms. The van der Waals surface area contributed by atoms with Crippen LogP contribution in [0.2, 0.25) is 0 Å². The van der Waals surface area contributed by atoms with Crippen LogP contribution in [0.15, 0.2) is 42.7 Å². The molecule has 0 spiro atoms. The van der Waals surface area contributed by atoms with E-state index in [4.69, 9.17) is 0 Å². The summed E-state index contributed by atoms with van der Waals surface area (Å²) in [6, 6.07) is 7.64. The minimum absolute atomic E-state index is 0.179. The van der Waals surface area contributed by atoms with Crippen LogP contribution in [-0.2, 0) is 6.42 Å². The first-order valence-corrected chi connectivity index (χ1v) is 6.82. The van der Waals surface area contributed by atoms with Crippen molar-refractivity contribution in [2.75, 3.05) is 6.54 Å². The van der Waals surface area contributed by atoms with Crippen molar-refractivity contribution in [3.05, 3.63) is 59.8 Å². The number of nitrogens with zero attached hydrogens (tertiary/aromatic N) is 1. The summed E-state index contributed by atoms with van der Waals surface area (Å²) in [5.74, 6) is -0.620. The molecule has 0 bridgehead atoms. The molecule has 3 rings (SSSR count). The predicted molar refractivity (Wildman–Crippen MR) is 80.2 cm³/mol. The van der Waals surface area contributed by atoms with E-state index in [-0.39, 0.29) is 17.4 Å². The number of amides is 1. The number of H-pyrrole nitrogens is 1. The number of aromatic amines is 1. The summed E-state index contributed by atoms with van der Waals surface area (Å²) in [5, 5.41) is 13.2. The van der Waals surface area contributed by atoms with Gasteiger partial charge in [0.2, 0.25) is 0 Å². The Hall–Kier alpha value is -2.89. The third-order valence-corrected chi connectivity index (χ3v) is 3.39. The van der Waals surface area contributed by atoms with E-state index in [0.717, 1.165) is 22.7 Å². The molecule has 3 N–H and O–H groups in total. The third kappa shape index (κ3) is 2.90. The van der Waals surface area contributed by atoms with Crippen molar-refractivity contribution in [3.8, 4) is 5.75 Å². The van der Waals surface area contributed by atoms with Crippen LogP contribution in [0.4, 0.5) is 4.39 Å². The second-order valence-corrected chi connectivity index (χ2v) is 4.91. The maximum atomic E-state index is 12.8. The number of rotatable bonds is 4. The quantitative estimate of drug-likeness (QED) is 0.692. The lowest BCUT2D eigenvalue weighted by Gasteiger charge is -2.04. The highest BCUT2D eigenvalue weighted by Crippen LogP contribution is 2.22. The number of phenolic OH excluding ortho intramolecular Hbond substituents is 1. The average molecular weight is 299 g/mol. The number of carbonyl (C=O) groups is 1. The molecule has 0 saturated carbocycles. The molecule has 0 unspecified atom stereocenters. The van der Waals surface area contributed by atoms with Crippen molar-refractivity contribution in [1.29, 1.82) is 0 Å². The van der Waals surface area contributed by atoms with Gasteiger partial charge in [0, 0.05) is 23.6 Å². The molecule has 0 aliphatic carbocycles. The van der Waals surface area contributed by atoms with Gasteiger partial charge in [-0.05, 0) is 42.3 Å². The molecule has 0 saturated heterocycles. The lowest BCUT2D eigenvalue weighted by Crippen LogP contribution is -2.26. The number of carbonyl (C=O) groups excluding carboxylic acids is 1. The van der Waals surface area contributed by atoms with Gasteiger partial charge in [-0.1, -0.05) is 0 Å². The monoisotopic (exact) mass is 299 g/mol. The highest BCUT2D eigenvalue weighted by atomic mass is 19.1. The molecule has 3 aromatic rings. The number of halogens is 1. The first-order valence-electron chi connectivity index (χ1n) is 6.82. The van der Waals surface area contributed by atoms with Crippen LogP contribution >= 0.6 is 0 Å². The summed E-state index contributed by atoms with van der Waals surface area (Å²) < 4.78 is 12.8. The number of pyridine rings is 1. The molecule has 2 aromatic heterocycles. The van der Waals surface area contributed by atoms with E-state index in [1.54, 1.807) is 18.2 Å². The van der Waals surface area contributed by atoms with Crippen LogP contribution in [0.5, 0.6) is 5.75 Å². The Labute approximate surface area is 125 Å². The minimum Gasteiger partial charge on any atom is -0.508 e. The van der Waals surface area contributed by atoms with Crippen LogP contribution in [-0.4, -0.2) is 27.5 Å². The second kappa shape index (κ2) is 5.85. The molecule has 0 radical (unpaired) electrons. The first kappa shape index (κ1) is 14.1. The highest BCUT2D eigenvalue weighted by molar-refractivity contribution is 5.92. The normalized spacial score (nSPS) is 10.8. The number of hydrogen-bond acceptors (Lipinski definition) is 3. The van der Waals surface area contributed by atoms with Crippen molar-refractivity contribution < 1.29 is 14.3 Å². The molecular formula is C16H14FN3O2. The Morgan fingerprint density at radius 3 is 2.95 bits per heavy atom. The number of nitrogens with one attached hydrogen (secondary N) is 2. The standard InChI is InChI=1S/C16H14FN3O2/c17-11-1-3-15(20-9-11)16(22)18-6-5-10-8-19-14-4-2-12(21)7-13(10)14/h1-4,7-9,19,21H,5-6H2,(H,18,22). The summed E-state index contributed by atoms with van der Waals surface area (Å²) in [6.45, 7) is 0.417. The van der Waals surface area contributed by atoms with Gasteiger partial charge in [0.05, 0.1) is 6.20 Å². The van der Waals surface area contributed by atoms with E-state index in [2.05, 4.69) is 15.3 Å². The molecule has 0 fully saturated rings. The van der Waals surface area contributed by atoms with E-state index < -0.39 is 5.82 Å². The molecule has 5 nitrogen and oxygen atoms in total. The fourth-order valence-corrected chi connectivity index (χ4v) is 2.28. The highest BCUT2D eigenvalue weighted by Gasteiger charge is 2.08. The first-order chi connectivity index (χ1) is 10.6. The topological polar surface area (TPSA) is 78.0 Å². The number of aromatic nitrogens is 2. The van der Waals surface area contributed by atoms with Gasteiger partial charge in [-0.25, -0.2) is 9.37 Å². The van der Waals surface area contributed by atoms with Crippen LogP contribution in [0.1, 0.15) is 16.1 Å². The number of aromatic hydroxyl groups is 1. The summed E-state index contributed by atoms with van der Waals surface area (Å²) in [4.78, 5) is 18.7. The van der Waals surface area contributed by atoms with Gasteiger partial charge >= 0.3 is 0 Å². The van der Waals surface area contributed by atoms with Gasteiger partial charge in [0.15, 0.2) is 0 Å². The smallest absolute Gasteiger partial charge is 0.269 e. The summed E-state index contributed by atoms with van der Waals surface area (Å²) in [7, 11) is 0. The zero-order chi connectivity index (χ0) is 15.5. The third-order valence-electron chi connectivity index (χ3n) is 3.39. The number of phenols is 1. The minimum atomic E-state index is -0.477. The molecule has 1 amide bonds. The Morgan fingerprint density at radius 2 is 2.18 bits per heavy atom. The van der Waals surface area contributed by atoms with Crippen molar-refractivity contribution in [2.24, 2.45) is 0 Å². The Kier molecular flexibility index (Phi) is 3.74. The molecule has 0 aliphatic heterocycles.